The Morgan fingerprint density at radius 2 is 1.64 bits per heavy atom. The second kappa shape index (κ2) is 10.6. The van der Waals surface area contributed by atoms with Crippen LogP contribution in [0.3, 0.4) is 0 Å². The van der Waals surface area contributed by atoms with Gasteiger partial charge in [0.2, 0.25) is 5.91 Å². The summed E-state index contributed by atoms with van der Waals surface area (Å²) in [4.78, 5) is 41.3. The molecule has 2 saturated heterocycles. The van der Waals surface area contributed by atoms with Gasteiger partial charge in [-0.15, -0.1) is 0 Å². The number of carbonyl (C=O) groups is 3. The molecular formula is C25H40N4O4. The number of carbonyl (C=O) groups excluding carboxylic acids is 3. The fraction of sp³-hybridized carbons (Fsp3) is 0.720. The summed E-state index contributed by atoms with van der Waals surface area (Å²) in [6.07, 6.45) is 5.39. The second-order valence-corrected chi connectivity index (χ2v) is 10.7. The molecule has 184 valence electrons. The minimum atomic E-state index is -0.502. The molecule has 0 atom stereocenters. The van der Waals surface area contributed by atoms with Crippen molar-refractivity contribution in [3.63, 3.8) is 0 Å². The molecule has 0 aromatic carbocycles. The number of hydrogen-bond donors (Lipinski definition) is 1. The van der Waals surface area contributed by atoms with Gasteiger partial charge in [-0.3, -0.25) is 9.59 Å². The van der Waals surface area contributed by atoms with E-state index in [0.717, 1.165) is 25.7 Å². The number of nitrogens with one attached hydrogen (secondary N) is 1. The molecule has 0 radical (unpaired) electrons. The van der Waals surface area contributed by atoms with Gasteiger partial charge in [-0.25, -0.2) is 4.79 Å². The van der Waals surface area contributed by atoms with E-state index >= 15 is 0 Å². The van der Waals surface area contributed by atoms with E-state index in [2.05, 4.69) is 19.2 Å². The molecule has 3 rings (SSSR count). The van der Waals surface area contributed by atoms with Crippen LogP contribution in [-0.2, 0) is 9.53 Å². The lowest BCUT2D eigenvalue weighted by atomic mass is 10.0. The zero-order valence-electron chi connectivity index (χ0n) is 20.8. The molecule has 0 saturated carbocycles. The molecule has 1 aromatic heterocycles. The number of ether oxygens (including phenoxy) is 1. The average molecular weight is 461 g/mol. The first-order valence-corrected chi connectivity index (χ1v) is 12.3. The average Bonchev–Trinajstić information content (AvgIpc) is 3.23. The molecule has 0 spiro atoms. The summed E-state index contributed by atoms with van der Waals surface area (Å²) in [5.41, 5.74) is 0.154. The fourth-order valence-corrected chi connectivity index (χ4v) is 4.57. The smallest absolute Gasteiger partial charge is 0.410 e. The van der Waals surface area contributed by atoms with Crippen LogP contribution in [0.15, 0.2) is 18.3 Å². The van der Waals surface area contributed by atoms with Crippen LogP contribution >= 0.6 is 0 Å². The van der Waals surface area contributed by atoms with E-state index in [1.165, 1.54) is 0 Å². The summed E-state index contributed by atoms with van der Waals surface area (Å²) in [7, 11) is 0. The van der Waals surface area contributed by atoms with Crippen LogP contribution in [-0.4, -0.2) is 70.1 Å². The molecule has 33 heavy (non-hydrogen) atoms. The minimum Gasteiger partial charge on any atom is -0.444 e. The predicted molar refractivity (Wildman–Crippen MR) is 127 cm³/mol. The first-order valence-electron chi connectivity index (χ1n) is 12.3. The maximum atomic E-state index is 13.0. The molecule has 1 aromatic rings. The third-order valence-electron chi connectivity index (χ3n) is 6.29. The van der Waals surface area contributed by atoms with Crippen LogP contribution in [0, 0.1) is 5.92 Å². The van der Waals surface area contributed by atoms with Crippen molar-refractivity contribution in [1.82, 2.24) is 19.7 Å². The molecular weight excluding hydrogens is 420 g/mol. The predicted octanol–water partition coefficient (Wildman–Crippen LogP) is 3.83. The normalized spacial score (nSPS) is 18.5. The molecule has 1 N–H and O–H groups in total. The van der Waals surface area contributed by atoms with Crippen molar-refractivity contribution in [2.24, 2.45) is 5.92 Å². The topological polar surface area (TPSA) is 83.9 Å². The van der Waals surface area contributed by atoms with Crippen LogP contribution < -0.4 is 5.32 Å². The van der Waals surface area contributed by atoms with Gasteiger partial charge in [-0.2, -0.15) is 0 Å². The van der Waals surface area contributed by atoms with Gasteiger partial charge in [0, 0.05) is 50.9 Å². The lowest BCUT2D eigenvalue weighted by Gasteiger charge is -2.35. The van der Waals surface area contributed by atoms with Gasteiger partial charge >= 0.3 is 6.09 Å². The van der Waals surface area contributed by atoms with Crippen LogP contribution in [0.2, 0.25) is 0 Å². The molecule has 2 fully saturated rings. The van der Waals surface area contributed by atoms with E-state index in [4.69, 9.17) is 4.74 Å². The van der Waals surface area contributed by atoms with Gasteiger partial charge < -0.3 is 24.4 Å². The molecule has 0 aliphatic carbocycles. The zero-order valence-corrected chi connectivity index (χ0v) is 20.8. The maximum Gasteiger partial charge on any atom is 0.410 e. The van der Waals surface area contributed by atoms with Crippen molar-refractivity contribution >= 4 is 17.9 Å². The van der Waals surface area contributed by atoms with Crippen molar-refractivity contribution < 1.29 is 19.1 Å². The molecule has 3 heterocycles. The quantitative estimate of drug-likeness (QED) is 0.724. The van der Waals surface area contributed by atoms with Gasteiger partial charge in [0.15, 0.2) is 0 Å². The molecule has 2 aliphatic heterocycles. The van der Waals surface area contributed by atoms with Gasteiger partial charge in [-0.05, 0) is 64.5 Å². The number of piperidine rings is 2. The molecule has 2 aliphatic rings. The Morgan fingerprint density at radius 3 is 2.21 bits per heavy atom. The number of rotatable bonds is 5. The SMILES string of the molecule is CC(C)CC(=O)N1CCC(NC(=O)c2cccn2C2CCN(C(=O)OC(C)(C)C)CC2)CC1. The van der Waals surface area contributed by atoms with Crippen LogP contribution in [0.1, 0.15) is 83.3 Å². The summed E-state index contributed by atoms with van der Waals surface area (Å²) in [5.74, 6) is 0.502. The lowest BCUT2D eigenvalue weighted by Crippen LogP contribution is -2.47. The van der Waals surface area contributed by atoms with E-state index in [0.29, 0.717) is 44.2 Å². The van der Waals surface area contributed by atoms with Gasteiger partial charge in [0.05, 0.1) is 0 Å². The van der Waals surface area contributed by atoms with Crippen molar-refractivity contribution in [3.05, 3.63) is 24.0 Å². The highest BCUT2D eigenvalue weighted by Crippen LogP contribution is 2.26. The Morgan fingerprint density at radius 1 is 1.03 bits per heavy atom. The number of likely N-dealkylation sites (tertiary alicyclic amines) is 2. The van der Waals surface area contributed by atoms with E-state index in [1.807, 2.05) is 48.6 Å². The highest BCUT2D eigenvalue weighted by Gasteiger charge is 2.30. The monoisotopic (exact) mass is 460 g/mol. The first-order chi connectivity index (χ1) is 15.5. The molecule has 8 heteroatoms. The van der Waals surface area contributed by atoms with Crippen molar-refractivity contribution in [2.75, 3.05) is 26.2 Å². The summed E-state index contributed by atoms with van der Waals surface area (Å²) in [5, 5.41) is 3.17. The Kier molecular flexibility index (Phi) is 8.08. The Hall–Kier alpha value is -2.51. The first kappa shape index (κ1) is 25.1. The number of hydrogen-bond acceptors (Lipinski definition) is 4. The maximum absolute atomic E-state index is 13.0. The van der Waals surface area contributed by atoms with E-state index in [9.17, 15) is 14.4 Å². The number of nitrogens with zero attached hydrogens (tertiary/aromatic N) is 3. The largest absolute Gasteiger partial charge is 0.444 e. The van der Waals surface area contributed by atoms with Crippen LogP contribution in [0.5, 0.6) is 0 Å². The summed E-state index contributed by atoms with van der Waals surface area (Å²) in [6.45, 7) is 12.3. The third kappa shape index (κ3) is 6.98. The Bertz CT molecular complexity index is 826. The van der Waals surface area contributed by atoms with Gasteiger partial charge in [0.25, 0.3) is 5.91 Å². The van der Waals surface area contributed by atoms with Crippen LogP contribution in [0.4, 0.5) is 4.79 Å². The Labute approximate surface area is 197 Å². The molecule has 0 unspecified atom stereocenters. The number of amides is 3. The Balaban J connectivity index is 1.50. The molecule has 8 nitrogen and oxygen atoms in total. The number of aromatic nitrogens is 1. The summed E-state index contributed by atoms with van der Waals surface area (Å²) < 4.78 is 7.53. The zero-order chi connectivity index (χ0) is 24.2. The summed E-state index contributed by atoms with van der Waals surface area (Å²) in [6, 6.07) is 4.02. The third-order valence-corrected chi connectivity index (χ3v) is 6.29. The second-order valence-electron chi connectivity index (χ2n) is 10.7. The van der Waals surface area contributed by atoms with Crippen molar-refractivity contribution in [3.8, 4) is 0 Å². The standard InChI is InChI=1S/C25H40N4O4/c1-18(2)17-22(30)27-13-8-19(9-14-27)26-23(31)21-7-6-12-29(21)20-10-15-28(16-11-20)24(32)33-25(3,4)5/h6-7,12,18-20H,8-11,13-17H2,1-5H3,(H,26,31). The lowest BCUT2D eigenvalue weighted by molar-refractivity contribution is -0.133. The van der Waals surface area contributed by atoms with Crippen molar-refractivity contribution in [1.29, 1.82) is 0 Å². The highest BCUT2D eigenvalue weighted by atomic mass is 16.6. The highest BCUT2D eigenvalue weighted by molar-refractivity contribution is 5.93. The van der Waals surface area contributed by atoms with Crippen molar-refractivity contribution in [2.45, 2.75) is 84.4 Å². The van der Waals surface area contributed by atoms with E-state index < -0.39 is 5.60 Å². The fourth-order valence-electron chi connectivity index (χ4n) is 4.57. The van der Waals surface area contributed by atoms with Gasteiger partial charge in [0.1, 0.15) is 11.3 Å². The van der Waals surface area contributed by atoms with E-state index in [-0.39, 0.29) is 30.0 Å². The molecule has 0 bridgehead atoms. The molecule has 3 amide bonds. The van der Waals surface area contributed by atoms with E-state index in [1.54, 1.807) is 4.90 Å². The minimum absolute atomic E-state index is 0.0680. The van der Waals surface area contributed by atoms with Crippen LogP contribution in [0.25, 0.3) is 0 Å². The van der Waals surface area contributed by atoms with Gasteiger partial charge in [-0.1, -0.05) is 13.8 Å². The summed E-state index contributed by atoms with van der Waals surface area (Å²) >= 11 is 0.